The summed E-state index contributed by atoms with van der Waals surface area (Å²) in [5.41, 5.74) is 0.390. The van der Waals surface area contributed by atoms with Crippen molar-refractivity contribution < 1.29 is 5.11 Å². The number of rotatable bonds is 9. The van der Waals surface area contributed by atoms with Crippen molar-refractivity contribution in [3.63, 3.8) is 0 Å². The van der Waals surface area contributed by atoms with Crippen molar-refractivity contribution in [3.05, 3.63) is 11.9 Å². The lowest BCUT2D eigenvalue weighted by molar-refractivity contribution is 0.0696. The Morgan fingerprint density at radius 3 is 2.30 bits per heavy atom. The van der Waals surface area contributed by atoms with Gasteiger partial charge < -0.3 is 15.7 Å². The first-order valence-corrected chi connectivity index (χ1v) is 7.58. The molecule has 1 aromatic rings. The molecule has 0 bridgehead atoms. The summed E-state index contributed by atoms with van der Waals surface area (Å²) in [6.45, 7) is 9.47. The average molecular weight is 280 g/mol. The number of anilines is 2. The Bertz CT molecular complexity index is 407. The molecule has 0 saturated heterocycles. The predicted octanol–water partition coefficient (Wildman–Crippen LogP) is 2.82. The highest BCUT2D eigenvalue weighted by atomic mass is 16.3. The monoisotopic (exact) mass is 280 g/mol. The molecule has 1 heterocycles. The highest BCUT2D eigenvalue weighted by Crippen LogP contribution is 2.22. The Labute approximate surface area is 122 Å². The summed E-state index contributed by atoms with van der Waals surface area (Å²) in [5, 5.41) is 16.7. The van der Waals surface area contributed by atoms with Crippen LogP contribution in [0.5, 0.6) is 0 Å². The summed E-state index contributed by atoms with van der Waals surface area (Å²) >= 11 is 0. The van der Waals surface area contributed by atoms with Gasteiger partial charge in [0.2, 0.25) is 0 Å². The largest absolute Gasteiger partial charge is 0.388 e. The highest BCUT2D eigenvalue weighted by Gasteiger charge is 2.19. The standard InChI is InChI=1S/C15H28N4O/c1-5-8-12-13(16-9-6-2)18-11-19-14(12)17-10-15(4,20)7-3/h11,20H,5-10H2,1-4H3,(H2,16,17,18,19). The molecule has 1 unspecified atom stereocenters. The van der Waals surface area contributed by atoms with Gasteiger partial charge in [0.05, 0.1) is 5.60 Å². The van der Waals surface area contributed by atoms with Gasteiger partial charge in [0, 0.05) is 18.7 Å². The molecule has 0 amide bonds. The van der Waals surface area contributed by atoms with Crippen molar-refractivity contribution in [3.8, 4) is 0 Å². The molecule has 0 radical (unpaired) electrons. The van der Waals surface area contributed by atoms with Gasteiger partial charge in [-0.15, -0.1) is 0 Å². The molecule has 0 aromatic carbocycles. The Morgan fingerprint density at radius 1 is 1.10 bits per heavy atom. The zero-order chi connectivity index (χ0) is 15.0. The lowest BCUT2D eigenvalue weighted by Crippen LogP contribution is -2.33. The molecule has 5 heteroatoms. The molecule has 5 nitrogen and oxygen atoms in total. The van der Waals surface area contributed by atoms with Gasteiger partial charge in [0.1, 0.15) is 18.0 Å². The van der Waals surface area contributed by atoms with E-state index in [0.29, 0.717) is 13.0 Å². The minimum atomic E-state index is -0.717. The average Bonchev–Trinajstić information content (AvgIpc) is 2.45. The first kappa shape index (κ1) is 16.7. The number of aliphatic hydroxyl groups is 1. The van der Waals surface area contributed by atoms with Crippen LogP contribution in [0.1, 0.15) is 52.5 Å². The van der Waals surface area contributed by atoms with Crippen LogP contribution in [0, 0.1) is 0 Å². The van der Waals surface area contributed by atoms with Crippen LogP contribution < -0.4 is 10.6 Å². The Morgan fingerprint density at radius 2 is 1.75 bits per heavy atom. The third-order valence-corrected chi connectivity index (χ3v) is 3.39. The van der Waals surface area contributed by atoms with E-state index in [2.05, 4.69) is 34.4 Å². The highest BCUT2D eigenvalue weighted by molar-refractivity contribution is 5.57. The van der Waals surface area contributed by atoms with Crippen LogP contribution in [0.4, 0.5) is 11.6 Å². The van der Waals surface area contributed by atoms with Crippen molar-refractivity contribution in [2.24, 2.45) is 0 Å². The topological polar surface area (TPSA) is 70.1 Å². The van der Waals surface area contributed by atoms with E-state index in [9.17, 15) is 5.11 Å². The van der Waals surface area contributed by atoms with Crippen LogP contribution in [0.2, 0.25) is 0 Å². The van der Waals surface area contributed by atoms with E-state index in [-0.39, 0.29) is 0 Å². The molecular weight excluding hydrogens is 252 g/mol. The Kier molecular flexibility index (Phi) is 6.71. The van der Waals surface area contributed by atoms with E-state index in [1.165, 1.54) is 0 Å². The van der Waals surface area contributed by atoms with E-state index in [0.717, 1.165) is 43.0 Å². The smallest absolute Gasteiger partial charge is 0.134 e. The number of aromatic nitrogens is 2. The molecule has 114 valence electrons. The fourth-order valence-electron chi connectivity index (χ4n) is 1.85. The van der Waals surface area contributed by atoms with Crippen molar-refractivity contribution >= 4 is 11.6 Å². The van der Waals surface area contributed by atoms with Gasteiger partial charge in [-0.1, -0.05) is 27.2 Å². The zero-order valence-corrected chi connectivity index (χ0v) is 13.2. The SMILES string of the molecule is CCCNc1ncnc(NCC(C)(O)CC)c1CCC. The summed E-state index contributed by atoms with van der Waals surface area (Å²) in [6.07, 6.45) is 5.29. The summed E-state index contributed by atoms with van der Waals surface area (Å²) < 4.78 is 0. The van der Waals surface area contributed by atoms with Crippen LogP contribution in [-0.4, -0.2) is 33.8 Å². The molecule has 1 rings (SSSR count). The second kappa shape index (κ2) is 8.04. The van der Waals surface area contributed by atoms with Gasteiger partial charge in [0.15, 0.2) is 0 Å². The lowest BCUT2D eigenvalue weighted by atomic mass is 10.0. The molecule has 0 saturated carbocycles. The molecular formula is C15H28N4O. The summed E-state index contributed by atoms with van der Waals surface area (Å²) in [5.74, 6) is 1.73. The Hall–Kier alpha value is -1.36. The molecule has 0 aliphatic rings. The van der Waals surface area contributed by atoms with E-state index < -0.39 is 5.60 Å². The number of hydrogen-bond donors (Lipinski definition) is 3. The lowest BCUT2D eigenvalue weighted by Gasteiger charge is -2.23. The van der Waals surface area contributed by atoms with Gasteiger partial charge in [-0.3, -0.25) is 0 Å². The van der Waals surface area contributed by atoms with E-state index >= 15 is 0 Å². The molecule has 20 heavy (non-hydrogen) atoms. The van der Waals surface area contributed by atoms with Gasteiger partial charge >= 0.3 is 0 Å². The Balaban J connectivity index is 2.88. The maximum absolute atomic E-state index is 10.1. The molecule has 0 spiro atoms. The minimum absolute atomic E-state index is 0.491. The molecule has 0 aliphatic heterocycles. The number of hydrogen-bond acceptors (Lipinski definition) is 5. The number of nitrogens with zero attached hydrogens (tertiary/aromatic N) is 2. The second-order valence-electron chi connectivity index (χ2n) is 5.43. The van der Waals surface area contributed by atoms with Crippen LogP contribution in [0.25, 0.3) is 0 Å². The van der Waals surface area contributed by atoms with Gasteiger partial charge in [-0.2, -0.15) is 0 Å². The first-order chi connectivity index (χ1) is 9.54. The van der Waals surface area contributed by atoms with Crippen LogP contribution in [0.15, 0.2) is 6.33 Å². The number of nitrogens with one attached hydrogen (secondary N) is 2. The molecule has 0 aliphatic carbocycles. The van der Waals surface area contributed by atoms with Crippen molar-refractivity contribution in [2.75, 3.05) is 23.7 Å². The molecule has 0 fully saturated rings. The maximum atomic E-state index is 10.1. The van der Waals surface area contributed by atoms with E-state index in [1.807, 2.05) is 13.8 Å². The van der Waals surface area contributed by atoms with Crippen molar-refractivity contribution in [1.29, 1.82) is 0 Å². The molecule has 3 N–H and O–H groups in total. The van der Waals surface area contributed by atoms with E-state index in [1.54, 1.807) is 6.33 Å². The molecule has 1 atom stereocenters. The maximum Gasteiger partial charge on any atom is 0.134 e. The van der Waals surface area contributed by atoms with Crippen LogP contribution in [-0.2, 0) is 6.42 Å². The van der Waals surface area contributed by atoms with Crippen LogP contribution >= 0.6 is 0 Å². The third kappa shape index (κ3) is 4.96. The van der Waals surface area contributed by atoms with Crippen molar-refractivity contribution in [1.82, 2.24) is 9.97 Å². The summed E-state index contributed by atoms with van der Waals surface area (Å²) in [4.78, 5) is 8.67. The summed E-state index contributed by atoms with van der Waals surface area (Å²) in [7, 11) is 0. The fraction of sp³-hybridized carbons (Fsp3) is 0.733. The fourth-order valence-corrected chi connectivity index (χ4v) is 1.85. The normalized spacial score (nSPS) is 13.8. The van der Waals surface area contributed by atoms with Gasteiger partial charge in [-0.25, -0.2) is 9.97 Å². The van der Waals surface area contributed by atoms with Crippen molar-refractivity contribution in [2.45, 2.75) is 59.0 Å². The zero-order valence-electron chi connectivity index (χ0n) is 13.2. The van der Waals surface area contributed by atoms with E-state index in [4.69, 9.17) is 0 Å². The van der Waals surface area contributed by atoms with Gasteiger partial charge in [-0.05, 0) is 26.2 Å². The summed E-state index contributed by atoms with van der Waals surface area (Å²) in [6, 6.07) is 0. The second-order valence-corrected chi connectivity index (χ2v) is 5.43. The third-order valence-electron chi connectivity index (χ3n) is 3.39. The van der Waals surface area contributed by atoms with Crippen LogP contribution in [0.3, 0.4) is 0 Å². The predicted molar refractivity (Wildman–Crippen MR) is 84.2 cm³/mol. The van der Waals surface area contributed by atoms with Gasteiger partial charge in [0.25, 0.3) is 0 Å². The first-order valence-electron chi connectivity index (χ1n) is 7.58. The quantitative estimate of drug-likeness (QED) is 0.649. The minimum Gasteiger partial charge on any atom is -0.388 e. The molecule has 1 aromatic heterocycles.